The molecule has 0 spiro atoms. The summed E-state index contributed by atoms with van der Waals surface area (Å²) in [5.41, 5.74) is 21.8. The van der Waals surface area contributed by atoms with E-state index in [9.17, 15) is 29.1 Å². The smallest absolute Gasteiger partial charge is 0.326 e. The third kappa shape index (κ3) is 13.0. The van der Waals surface area contributed by atoms with Gasteiger partial charge in [0.2, 0.25) is 23.6 Å². The minimum Gasteiger partial charge on any atom is -0.480 e. The maximum absolute atomic E-state index is 12.7. The molecule has 0 saturated heterocycles. The van der Waals surface area contributed by atoms with Crippen molar-refractivity contribution in [2.75, 3.05) is 18.8 Å². The zero-order valence-electron chi connectivity index (χ0n) is 18.6. The molecular weight excluding hydrogens is 454 g/mol. The van der Waals surface area contributed by atoms with E-state index in [0.717, 1.165) is 0 Å². The number of nitrogens with one attached hydrogen (secondary N) is 3. The number of nitrogens with two attached hydrogens (primary N) is 4. The summed E-state index contributed by atoms with van der Waals surface area (Å²) in [6.45, 7) is 0.837. The molecule has 12 N–H and O–H groups in total. The van der Waals surface area contributed by atoms with Gasteiger partial charge in [0.1, 0.15) is 18.1 Å². The minimum atomic E-state index is -1.37. The Morgan fingerprint density at radius 3 is 1.73 bits per heavy atom. The molecule has 4 unspecified atom stereocenters. The van der Waals surface area contributed by atoms with Crippen molar-refractivity contribution < 1.29 is 29.1 Å². The summed E-state index contributed by atoms with van der Waals surface area (Å²) in [6.07, 6.45) is 2.33. The van der Waals surface area contributed by atoms with Crippen LogP contribution in [0.2, 0.25) is 0 Å². The molecule has 0 bridgehead atoms. The lowest BCUT2D eigenvalue weighted by Gasteiger charge is -2.24. The van der Waals surface area contributed by atoms with Gasteiger partial charge < -0.3 is 44.0 Å². The molecule has 0 radical (unpaired) electrons. The van der Waals surface area contributed by atoms with E-state index in [1.165, 1.54) is 0 Å². The predicted molar refractivity (Wildman–Crippen MR) is 125 cm³/mol. The maximum atomic E-state index is 12.7. The zero-order chi connectivity index (χ0) is 25.4. The summed E-state index contributed by atoms with van der Waals surface area (Å²) in [6, 6.07) is -4.68. The fourth-order valence-electron chi connectivity index (χ4n) is 2.82. The van der Waals surface area contributed by atoms with Crippen LogP contribution in [0.5, 0.6) is 0 Å². The predicted octanol–water partition coefficient (Wildman–Crippen LogP) is -3.08. The van der Waals surface area contributed by atoms with Gasteiger partial charge in [-0.3, -0.25) is 19.2 Å². The topological polar surface area (TPSA) is 246 Å². The summed E-state index contributed by atoms with van der Waals surface area (Å²) >= 11 is 4.03. The van der Waals surface area contributed by atoms with Crippen molar-refractivity contribution in [1.82, 2.24) is 16.0 Å². The minimum absolute atomic E-state index is 0.161. The highest BCUT2D eigenvalue weighted by Crippen LogP contribution is 2.04. The fraction of sp³-hybridized carbons (Fsp3) is 0.737. The second kappa shape index (κ2) is 17.1. The van der Waals surface area contributed by atoms with Crippen LogP contribution in [0.15, 0.2) is 0 Å². The molecule has 14 heteroatoms. The molecule has 4 amide bonds. The van der Waals surface area contributed by atoms with Gasteiger partial charge in [0.15, 0.2) is 0 Å². The van der Waals surface area contributed by atoms with Crippen LogP contribution in [-0.2, 0) is 24.0 Å². The molecule has 33 heavy (non-hydrogen) atoms. The van der Waals surface area contributed by atoms with Gasteiger partial charge in [-0.05, 0) is 45.2 Å². The number of thiol groups is 1. The number of hydrogen-bond donors (Lipinski definition) is 9. The van der Waals surface area contributed by atoms with Crippen LogP contribution in [0.25, 0.3) is 0 Å². The van der Waals surface area contributed by atoms with Gasteiger partial charge >= 0.3 is 5.97 Å². The zero-order valence-corrected chi connectivity index (χ0v) is 19.5. The molecule has 0 aromatic heterocycles. The van der Waals surface area contributed by atoms with E-state index in [1.54, 1.807) is 0 Å². The summed E-state index contributed by atoms with van der Waals surface area (Å²) in [5, 5.41) is 16.4. The van der Waals surface area contributed by atoms with E-state index in [-0.39, 0.29) is 12.2 Å². The summed E-state index contributed by atoms with van der Waals surface area (Å²) in [7, 11) is 0. The molecule has 4 atom stereocenters. The van der Waals surface area contributed by atoms with Crippen molar-refractivity contribution >= 4 is 42.2 Å². The highest BCUT2D eigenvalue weighted by Gasteiger charge is 2.30. The molecule has 0 heterocycles. The van der Waals surface area contributed by atoms with Gasteiger partial charge in [0.25, 0.3) is 0 Å². The van der Waals surface area contributed by atoms with E-state index in [4.69, 9.17) is 22.9 Å². The number of carboxylic acid groups (broad SMARTS) is 1. The second-order valence-corrected chi connectivity index (χ2v) is 7.92. The Balaban J connectivity index is 5.13. The first kappa shape index (κ1) is 30.6. The van der Waals surface area contributed by atoms with Crippen molar-refractivity contribution in [3.63, 3.8) is 0 Å². The van der Waals surface area contributed by atoms with Crippen molar-refractivity contribution in [3.05, 3.63) is 0 Å². The van der Waals surface area contributed by atoms with Gasteiger partial charge in [0, 0.05) is 5.75 Å². The Kier molecular flexibility index (Phi) is 15.9. The van der Waals surface area contributed by atoms with Crippen LogP contribution in [0.1, 0.15) is 44.9 Å². The fourth-order valence-corrected chi connectivity index (χ4v) is 3.07. The first-order valence-corrected chi connectivity index (χ1v) is 11.4. The lowest BCUT2D eigenvalue weighted by atomic mass is 10.1. The Morgan fingerprint density at radius 2 is 1.24 bits per heavy atom. The number of amides is 4. The van der Waals surface area contributed by atoms with E-state index in [1.807, 2.05) is 0 Å². The largest absolute Gasteiger partial charge is 0.480 e. The number of aliphatic carboxylic acids is 1. The summed E-state index contributed by atoms with van der Waals surface area (Å²) < 4.78 is 0. The average molecular weight is 492 g/mol. The van der Waals surface area contributed by atoms with E-state index >= 15 is 0 Å². The average Bonchev–Trinajstić information content (AvgIpc) is 2.75. The highest BCUT2D eigenvalue weighted by atomic mass is 32.1. The molecule has 190 valence electrons. The Hall–Kier alpha value is -2.42. The molecule has 0 aromatic rings. The lowest BCUT2D eigenvalue weighted by molar-refractivity contribution is -0.142. The van der Waals surface area contributed by atoms with Crippen LogP contribution >= 0.6 is 12.6 Å². The third-order valence-corrected chi connectivity index (χ3v) is 5.09. The van der Waals surface area contributed by atoms with Gasteiger partial charge in [-0.25, -0.2) is 4.79 Å². The summed E-state index contributed by atoms with van der Waals surface area (Å²) in [5.74, 6) is -4.55. The molecule has 0 aliphatic carbocycles. The number of primary amides is 1. The molecular formula is C19H37N7O6S. The van der Waals surface area contributed by atoms with E-state index in [0.29, 0.717) is 45.2 Å². The van der Waals surface area contributed by atoms with Crippen molar-refractivity contribution in [1.29, 1.82) is 0 Å². The third-order valence-electron chi connectivity index (χ3n) is 4.72. The molecule has 0 saturated carbocycles. The summed E-state index contributed by atoms with van der Waals surface area (Å²) in [4.78, 5) is 60.3. The van der Waals surface area contributed by atoms with Crippen molar-refractivity contribution in [2.45, 2.75) is 69.1 Å². The van der Waals surface area contributed by atoms with Crippen LogP contribution in [0.4, 0.5) is 0 Å². The van der Waals surface area contributed by atoms with Crippen molar-refractivity contribution in [3.8, 4) is 0 Å². The van der Waals surface area contributed by atoms with Gasteiger partial charge in [-0.15, -0.1) is 0 Å². The highest BCUT2D eigenvalue weighted by molar-refractivity contribution is 7.80. The molecule has 0 rings (SSSR count). The van der Waals surface area contributed by atoms with Gasteiger partial charge in [0.05, 0.1) is 12.5 Å². The lowest BCUT2D eigenvalue weighted by Crippen LogP contribution is -2.58. The monoisotopic (exact) mass is 491 g/mol. The standard InChI is InChI=1S/C19H37N7O6S/c20-7-3-1-5-11(22)16(28)25-13(9-15(23)27)17(29)26-14(10-33)18(30)24-12(19(31)32)6-2-4-8-21/h11-14,33H,1-10,20-22H2,(H2,23,27)(H,24,30)(H,25,28)(H,26,29)(H,31,32). The number of carbonyl (C=O) groups excluding carboxylic acids is 4. The SMILES string of the molecule is NCCCCC(N)C(=O)NC(CC(N)=O)C(=O)NC(CS)C(=O)NC(CCCCN)C(=O)O. The Morgan fingerprint density at radius 1 is 0.758 bits per heavy atom. The Bertz CT molecular complexity index is 667. The van der Waals surface area contributed by atoms with Crippen LogP contribution in [0, 0.1) is 0 Å². The second-order valence-electron chi connectivity index (χ2n) is 7.55. The van der Waals surface area contributed by atoms with Crippen LogP contribution < -0.4 is 38.9 Å². The number of hydrogen-bond acceptors (Lipinski definition) is 9. The first-order chi connectivity index (χ1) is 15.6. The Labute approximate surface area is 198 Å². The van der Waals surface area contributed by atoms with Gasteiger partial charge in [-0.2, -0.15) is 12.6 Å². The quantitative estimate of drug-likeness (QED) is 0.0695. The number of carbonyl (C=O) groups is 5. The first-order valence-electron chi connectivity index (χ1n) is 10.8. The number of rotatable bonds is 18. The van der Waals surface area contributed by atoms with E-state index < -0.39 is 60.2 Å². The van der Waals surface area contributed by atoms with Gasteiger partial charge in [-0.1, -0.05) is 6.42 Å². The van der Waals surface area contributed by atoms with Crippen LogP contribution in [-0.4, -0.2) is 77.7 Å². The van der Waals surface area contributed by atoms with E-state index in [2.05, 4.69) is 28.6 Å². The van der Waals surface area contributed by atoms with Crippen LogP contribution in [0.3, 0.4) is 0 Å². The molecule has 0 aliphatic heterocycles. The normalized spacial score (nSPS) is 14.4. The number of carboxylic acids is 1. The molecule has 0 fully saturated rings. The molecule has 13 nitrogen and oxygen atoms in total. The molecule has 0 aliphatic rings. The number of unbranched alkanes of at least 4 members (excludes halogenated alkanes) is 2. The maximum Gasteiger partial charge on any atom is 0.326 e. The van der Waals surface area contributed by atoms with Crippen molar-refractivity contribution in [2.24, 2.45) is 22.9 Å². The molecule has 0 aromatic carbocycles.